The number of aryl methyl sites for hydroxylation is 1. The first-order valence-corrected chi connectivity index (χ1v) is 6.44. The number of carboxylic acid groups (broad SMARTS) is 1. The quantitative estimate of drug-likeness (QED) is 0.855. The van der Waals surface area contributed by atoms with Crippen molar-refractivity contribution < 1.29 is 9.90 Å². The predicted octanol–water partition coefficient (Wildman–Crippen LogP) is 1.70. The van der Waals surface area contributed by atoms with Gasteiger partial charge in [-0.2, -0.15) is 0 Å². The monoisotopic (exact) mass is 273 g/mol. The molecule has 0 radical (unpaired) electrons. The molecule has 3 rings (SSSR count). The van der Waals surface area contributed by atoms with Gasteiger partial charge in [0.05, 0.1) is 6.04 Å². The van der Waals surface area contributed by atoms with Crippen LogP contribution in [0.4, 0.5) is 4.79 Å². The van der Waals surface area contributed by atoms with Crippen LogP contribution >= 0.6 is 0 Å². The van der Waals surface area contributed by atoms with E-state index in [4.69, 9.17) is 5.11 Å². The topological polar surface area (TPSA) is 84.1 Å². The molecule has 1 unspecified atom stereocenters. The zero-order valence-corrected chi connectivity index (χ0v) is 11.3. The van der Waals surface area contributed by atoms with Gasteiger partial charge in [0.15, 0.2) is 11.6 Å². The van der Waals surface area contributed by atoms with E-state index in [0.717, 1.165) is 11.4 Å². The second-order valence-corrected chi connectivity index (χ2v) is 4.85. The predicted molar refractivity (Wildman–Crippen MR) is 71.1 cm³/mol. The Morgan fingerprint density at radius 2 is 2.15 bits per heavy atom. The minimum atomic E-state index is -0.929. The van der Waals surface area contributed by atoms with Crippen molar-refractivity contribution in [2.45, 2.75) is 26.4 Å². The normalized spacial score (nSPS) is 17.9. The number of aromatic nitrogens is 4. The molecule has 3 heterocycles. The first-order chi connectivity index (χ1) is 9.58. The van der Waals surface area contributed by atoms with Gasteiger partial charge in [-0.3, -0.25) is 4.90 Å². The fourth-order valence-electron chi connectivity index (χ4n) is 2.50. The van der Waals surface area contributed by atoms with E-state index in [2.05, 4.69) is 15.2 Å². The Bertz CT molecular complexity index is 667. The number of rotatable bonds is 1. The summed E-state index contributed by atoms with van der Waals surface area (Å²) in [6, 6.07) is 5.44. The molecule has 20 heavy (non-hydrogen) atoms. The van der Waals surface area contributed by atoms with Gasteiger partial charge in [-0.1, -0.05) is 6.07 Å². The van der Waals surface area contributed by atoms with E-state index in [1.54, 1.807) is 0 Å². The van der Waals surface area contributed by atoms with Crippen LogP contribution in [0.2, 0.25) is 0 Å². The molecule has 2 aromatic rings. The lowest BCUT2D eigenvalue weighted by Gasteiger charge is -2.31. The van der Waals surface area contributed by atoms with E-state index >= 15 is 0 Å². The maximum absolute atomic E-state index is 11.2. The molecule has 0 bridgehead atoms. The molecule has 104 valence electrons. The van der Waals surface area contributed by atoms with Gasteiger partial charge >= 0.3 is 6.09 Å². The average molecular weight is 273 g/mol. The Labute approximate surface area is 115 Å². The molecular formula is C13H15N5O2. The summed E-state index contributed by atoms with van der Waals surface area (Å²) in [6.45, 7) is 4.72. The Morgan fingerprint density at radius 3 is 2.85 bits per heavy atom. The third kappa shape index (κ3) is 1.91. The standard InChI is InChI=1S/C13H15N5O2/c1-8-4-3-5-10(14-8)12-16-15-11-9(2)17(13(19)20)6-7-18(11)12/h3-5,9H,6-7H2,1-2H3,(H,19,20). The molecule has 7 heteroatoms. The molecule has 1 N–H and O–H groups in total. The molecule has 1 atom stereocenters. The van der Waals surface area contributed by atoms with Crippen molar-refractivity contribution in [3.8, 4) is 11.5 Å². The Balaban J connectivity index is 2.03. The fourth-order valence-corrected chi connectivity index (χ4v) is 2.50. The highest BCUT2D eigenvalue weighted by Gasteiger charge is 2.31. The molecule has 7 nitrogen and oxygen atoms in total. The molecule has 1 aliphatic heterocycles. The summed E-state index contributed by atoms with van der Waals surface area (Å²) < 4.78 is 1.95. The van der Waals surface area contributed by atoms with Crippen LogP contribution in [0.5, 0.6) is 0 Å². The number of fused-ring (bicyclic) bond motifs is 1. The maximum Gasteiger partial charge on any atom is 0.407 e. The number of hydrogen-bond donors (Lipinski definition) is 1. The van der Waals surface area contributed by atoms with Gasteiger partial charge in [0.1, 0.15) is 5.69 Å². The van der Waals surface area contributed by atoms with Crippen LogP contribution in [0.15, 0.2) is 18.2 Å². The van der Waals surface area contributed by atoms with Crippen LogP contribution < -0.4 is 0 Å². The largest absolute Gasteiger partial charge is 0.465 e. The summed E-state index contributed by atoms with van der Waals surface area (Å²) in [5, 5.41) is 17.5. The first kappa shape index (κ1) is 12.6. The highest BCUT2D eigenvalue weighted by Crippen LogP contribution is 2.27. The number of amides is 1. The van der Waals surface area contributed by atoms with Crippen molar-refractivity contribution in [2.24, 2.45) is 0 Å². The number of pyridine rings is 1. The summed E-state index contributed by atoms with van der Waals surface area (Å²) in [5.41, 5.74) is 1.68. The first-order valence-electron chi connectivity index (χ1n) is 6.44. The van der Waals surface area contributed by atoms with Crippen LogP contribution in [0.1, 0.15) is 24.5 Å². The smallest absolute Gasteiger partial charge is 0.407 e. The number of carbonyl (C=O) groups is 1. The Morgan fingerprint density at radius 1 is 1.35 bits per heavy atom. The molecule has 2 aromatic heterocycles. The van der Waals surface area contributed by atoms with Crippen LogP contribution in [0, 0.1) is 6.92 Å². The van der Waals surface area contributed by atoms with Crippen molar-refractivity contribution in [3.05, 3.63) is 29.7 Å². The second-order valence-electron chi connectivity index (χ2n) is 4.85. The molecule has 0 fully saturated rings. The maximum atomic E-state index is 11.2. The molecule has 0 aromatic carbocycles. The van der Waals surface area contributed by atoms with Crippen LogP contribution in [0.25, 0.3) is 11.5 Å². The molecule has 0 spiro atoms. The summed E-state index contributed by atoms with van der Waals surface area (Å²) in [5.74, 6) is 1.36. The van der Waals surface area contributed by atoms with Gasteiger partial charge in [0.2, 0.25) is 0 Å². The minimum Gasteiger partial charge on any atom is -0.465 e. The lowest BCUT2D eigenvalue weighted by Crippen LogP contribution is -2.40. The molecule has 1 aliphatic rings. The SMILES string of the molecule is Cc1cccc(-c2nnc3n2CCN(C(=O)O)C3C)n1. The van der Waals surface area contributed by atoms with Crippen molar-refractivity contribution in [1.29, 1.82) is 0 Å². The van der Waals surface area contributed by atoms with Crippen molar-refractivity contribution in [2.75, 3.05) is 6.54 Å². The third-order valence-electron chi connectivity index (χ3n) is 3.55. The molecule has 0 saturated heterocycles. The van der Waals surface area contributed by atoms with Gasteiger partial charge in [-0.05, 0) is 26.0 Å². The molecule has 0 saturated carbocycles. The zero-order chi connectivity index (χ0) is 14.3. The summed E-state index contributed by atoms with van der Waals surface area (Å²) in [7, 11) is 0. The van der Waals surface area contributed by atoms with Gasteiger partial charge < -0.3 is 9.67 Å². The highest BCUT2D eigenvalue weighted by molar-refractivity contribution is 5.66. The van der Waals surface area contributed by atoms with Crippen molar-refractivity contribution in [1.82, 2.24) is 24.6 Å². The Hall–Kier alpha value is -2.44. The summed E-state index contributed by atoms with van der Waals surface area (Å²) in [4.78, 5) is 17.0. The Kier molecular flexibility index (Phi) is 2.89. The minimum absolute atomic E-state index is 0.299. The lowest BCUT2D eigenvalue weighted by atomic mass is 10.2. The van der Waals surface area contributed by atoms with Gasteiger partial charge in [-0.15, -0.1) is 10.2 Å². The van der Waals surface area contributed by atoms with E-state index in [1.807, 2.05) is 36.6 Å². The van der Waals surface area contributed by atoms with Gasteiger partial charge in [-0.25, -0.2) is 9.78 Å². The van der Waals surface area contributed by atoms with Crippen molar-refractivity contribution >= 4 is 6.09 Å². The van der Waals surface area contributed by atoms with E-state index in [-0.39, 0.29) is 6.04 Å². The van der Waals surface area contributed by atoms with Crippen LogP contribution in [-0.2, 0) is 6.54 Å². The summed E-state index contributed by atoms with van der Waals surface area (Å²) >= 11 is 0. The molecule has 0 aliphatic carbocycles. The second kappa shape index (κ2) is 4.59. The van der Waals surface area contributed by atoms with E-state index in [0.29, 0.717) is 24.7 Å². The summed E-state index contributed by atoms with van der Waals surface area (Å²) in [6.07, 6.45) is -0.929. The third-order valence-corrected chi connectivity index (χ3v) is 3.55. The van der Waals surface area contributed by atoms with E-state index in [9.17, 15) is 4.79 Å². The van der Waals surface area contributed by atoms with Gasteiger partial charge in [0, 0.05) is 18.8 Å². The molecular weight excluding hydrogens is 258 g/mol. The lowest BCUT2D eigenvalue weighted by molar-refractivity contribution is 0.113. The highest BCUT2D eigenvalue weighted by atomic mass is 16.4. The van der Waals surface area contributed by atoms with Crippen LogP contribution in [-0.4, -0.2) is 42.4 Å². The fraction of sp³-hybridized carbons (Fsp3) is 0.385. The average Bonchev–Trinajstić information content (AvgIpc) is 2.83. The van der Waals surface area contributed by atoms with Crippen molar-refractivity contribution in [3.63, 3.8) is 0 Å². The number of nitrogens with zero attached hydrogens (tertiary/aromatic N) is 5. The zero-order valence-electron chi connectivity index (χ0n) is 11.3. The number of hydrogen-bond acceptors (Lipinski definition) is 4. The molecule has 1 amide bonds. The van der Waals surface area contributed by atoms with Gasteiger partial charge in [0.25, 0.3) is 0 Å². The van der Waals surface area contributed by atoms with E-state index in [1.165, 1.54) is 4.90 Å². The van der Waals surface area contributed by atoms with E-state index < -0.39 is 6.09 Å². The van der Waals surface area contributed by atoms with Crippen LogP contribution in [0.3, 0.4) is 0 Å².